The second-order valence-corrected chi connectivity index (χ2v) is 7.62. The fraction of sp³-hybridized carbons (Fsp3) is 0.235. The third-order valence-electron chi connectivity index (χ3n) is 3.91. The number of sulfone groups is 1. The lowest BCUT2D eigenvalue weighted by molar-refractivity contribution is 0.354. The van der Waals surface area contributed by atoms with Gasteiger partial charge in [0.25, 0.3) is 0 Å². The van der Waals surface area contributed by atoms with E-state index in [4.69, 9.17) is 21.1 Å². The Bertz CT molecular complexity index is 924. The van der Waals surface area contributed by atoms with Crippen LogP contribution in [0.5, 0.6) is 11.5 Å². The van der Waals surface area contributed by atoms with Crippen molar-refractivity contribution in [3.63, 3.8) is 0 Å². The third-order valence-corrected chi connectivity index (χ3v) is 5.58. The van der Waals surface area contributed by atoms with E-state index in [1.165, 1.54) is 23.7 Å². The SMILES string of the molecule is COc1cc2c(cc1OC)C(=CS(=O)(=O)c1ccc(Cl)nc1)NCC2. The monoisotopic (exact) mass is 380 g/mol. The average Bonchev–Trinajstić information content (AvgIpc) is 2.61. The number of benzene rings is 1. The zero-order valence-corrected chi connectivity index (χ0v) is 15.3. The van der Waals surface area contributed by atoms with Gasteiger partial charge in [-0.25, -0.2) is 13.4 Å². The summed E-state index contributed by atoms with van der Waals surface area (Å²) < 4.78 is 35.9. The van der Waals surface area contributed by atoms with Crippen LogP contribution >= 0.6 is 11.6 Å². The van der Waals surface area contributed by atoms with Crippen LogP contribution in [0.25, 0.3) is 5.70 Å². The number of pyridine rings is 1. The first-order valence-corrected chi connectivity index (χ1v) is 9.44. The Balaban J connectivity index is 2.08. The Morgan fingerprint density at radius 2 is 1.92 bits per heavy atom. The van der Waals surface area contributed by atoms with Gasteiger partial charge in [-0.2, -0.15) is 0 Å². The maximum Gasteiger partial charge on any atom is 0.203 e. The van der Waals surface area contributed by atoms with E-state index in [0.717, 1.165) is 17.5 Å². The maximum absolute atomic E-state index is 12.6. The number of rotatable bonds is 4. The largest absolute Gasteiger partial charge is 0.493 e. The fourth-order valence-electron chi connectivity index (χ4n) is 2.66. The van der Waals surface area contributed by atoms with E-state index in [0.29, 0.717) is 23.7 Å². The summed E-state index contributed by atoms with van der Waals surface area (Å²) in [6, 6.07) is 6.53. The number of nitrogens with one attached hydrogen (secondary N) is 1. The smallest absolute Gasteiger partial charge is 0.203 e. The van der Waals surface area contributed by atoms with E-state index in [9.17, 15) is 8.42 Å². The Kier molecular flexibility index (Phi) is 4.87. The lowest BCUT2D eigenvalue weighted by Crippen LogP contribution is -2.23. The predicted octanol–water partition coefficient (Wildman–Crippen LogP) is 2.67. The molecule has 0 saturated heterocycles. The highest BCUT2D eigenvalue weighted by molar-refractivity contribution is 7.94. The predicted molar refractivity (Wildman–Crippen MR) is 95.7 cm³/mol. The van der Waals surface area contributed by atoms with E-state index in [-0.39, 0.29) is 10.0 Å². The van der Waals surface area contributed by atoms with Crippen LogP contribution in [0.2, 0.25) is 5.15 Å². The lowest BCUT2D eigenvalue weighted by Gasteiger charge is -2.23. The Hall–Kier alpha value is -2.25. The number of ether oxygens (including phenoxy) is 2. The molecule has 2 aromatic rings. The molecule has 6 nitrogen and oxygen atoms in total. The molecule has 0 fully saturated rings. The number of aromatic nitrogens is 1. The molecule has 0 aliphatic carbocycles. The van der Waals surface area contributed by atoms with Crippen LogP contribution in [0.4, 0.5) is 0 Å². The molecule has 0 bridgehead atoms. The first-order valence-electron chi connectivity index (χ1n) is 7.52. The van der Waals surface area contributed by atoms with Gasteiger partial charge in [0.15, 0.2) is 11.5 Å². The van der Waals surface area contributed by atoms with Crippen molar-refractivity contribution in [1.82, 2.24) is 10.3 Å². The molecular formula is C17H17ClN2O4S. The Morgan fingerprint density at radius 3 is 2.56 bits per heavy atom. The zero-order chi connectivity index (χ0) is 18.0. The number of fused-ring (bicyclic) bond motifs is 1. The first-order chi connectivity index (χ1) is 11.9. The molecule has 1 aliphatic heterocycles. The van der Waals surface area contributed by atoms with Crippen LogP contribution in [-0.2, 0) is 16.3 Å². The number of hydrogen-bond acceptors (Lipinski definition) is 6. The van der Waals surface area contributed by atoms with Crippen molar-refractivity contribution in [2.75, 3.05) is 20.8 Å². The molecule has 0 unspecified atom stereocenters. The normalized spacial score (nSPS) is 15.4. The molecule has 0 saturated carbocycles. The molecule has 2 heterocycles. The summed E-state index contributed by atoms with van der Waals surface area (Å²) in [5.41, 5.74) is 2.28. The van der Waals surface area contributed by atoms with Crippen molar-refractivity contribution in [2.45, 2.75) is 11.3 Å². The Morgan fingerprint density at radius 1 is 1.20 bits per heavy atom. The van der Waals surface area contributed by atoms with Crippen LogP contribution in [0.15, 0.2) is 40.8 Å². The number of nitrogens with zero attached hydrogens (tertiary/aromatic N) is 1. The van der Waals surface area contributed by atoms with Crippen LogP contribution in [-0.4, -0.2) is 34.2 Å². The second-order valence-electron chi connectivity index (χ2n) is 5.43. The summed E-state index contributed by atoms with van der Waals surface area (Å²) in [6.07, 6.45) is 2.00. The molecule has 1 aromatic carbocycles. The van der Waals surface area contributed by atoms with E-state index in [1.54, 1.807) is 20.3 Å². The summed E-state index contributed by atoms with van der Waals surface area (Å²) in [7, 11) is -0.561. The summed E-state index contributed by atoms with van der Waals surface area (Å²) in [5, 5.41) is 4.59. The quantitative estimate of drug-likeness (QED) is 0.822. The minimum Gasteiger partial charge on any atom is -0.493 e. The van der Waals surface area contributed by atoms with Crippen molar-refractivity contribution >= 4 is 27.1 Å². The molecule has 1 aromatic heterocycles. The summed E-state index contributed by atoms with van der Waals surface area (Å²) >= 11 is 5.72. The van der Waals surface area contributed by atoms with Gasteiger partial charge in [-0.1, -0.05) is 11.6 Å². The van der Waals surface area contributed by atoms with Gasteiger partial charge in [0, 0.05) is 18.3 Å². The molecule has 0 radical (unpaired) electrons. The highest BCUT2D eigenvalue weighted by Crippen LogP contribution is 2.35. The molecule has 8 heteroatoms. The van der Waals surface area contributed by atoms with Gasteiger partial charge >= 0.3 is 0 Å². The van der Waals surface area contributed by atoms with Gasteiger partial charge in [-0.3, -0.25) is 0 Å². The van der Waals surface area contributed by atoms with Gasteiger partial charge in [0.2, 0.25) is 9.84 Å². The Labute approximate surface area is 151 Å². The van der Waals surface area contributed by atoms with E-state index in [1.807, 2.05) is 6.07 Å². The van der Waals surface area contributed by atoms with Crippen LogP contribution in [0.1, 0.15) is 11.1 Å². The van der Waals surface area contributed by atoms with Crippen molar-refractivity contribution in [2.24, 2.45) is 0 Å². The van der Waals surface area contributed by atoms with E-state index in [2.05, 4.69) is 10.3 Å². The van der Waals surface area contributed by atoms with Gasteiger partial charge in [0.1, 0.15) is 5.15 Å². The van der Waals surface area contributed by atoms with Crippen LogP contribution < -0.4 is 14.8 Å². The molecule has 25 heavy (non-hydrogen) atoms. The molecule has 0 amide bonds. The number of hydrogen-bond donors (Lipinski definition) is 1. The van der Waals surface area contributed by atoms with Crippen molar-refractivity contribution in [1.29, 1.82) is 0 Å². The average molecular weight is 381 g/mol. The van der Waals surface area contributed by atoms with Crippen molar-refractivity contribution < 1.29 is 17.9 Å². The molecule has 132 valence electrons. The number of methoxy groups -OCH3 is 2. The minimum atomic E-state index is -3.67. The third kappa shape index (κ3) is 3.57. The molecule has 1 N–H and O–H groups in total. The van der Waals surface area contributed by atoms with Crippen LogP contribution in [0.3, 0.4) is 0 Å². The van der Waals surface area contributed by atoms with Crippen molar-refractivity contribution in [3.8, 4) is 11.5 Å². The standard InChI is InChI=1S/C17H17ClN2O4S/c1-23-15-7-11-5-6-19-14(13(11)8-16(15)24-2)10-25(21,22)12-3-4-17(18)20-9-12/h3-4,7-10,19H,5-6H2,1-2H3. The molecule has 0 spiro atoms. The van der Waals surface area contributed by atoms with Gasteiger partial charge in [-0.05, 0) is 36.2 Å². The highest BCUT2D eigenvalue weighted by atomic mass is 35.5. The number of halogens is 1. The van der Waals surface area contributed by atoms with Gasteiger partial charge in [0.05, 0.1) is 30.2 Å². The molecule has 3 rings (SSSR count). The van der Waals surface area contributed by atoms with Gasteiger partial charge < -0.3 is 14.8 Å². The maximum atomic E-state index is 12.6. The molecule has 1 aliphatic rings. The van der Waals surface area contributed by atoms with Gasteiger partial charge in [-0.15, -0.1) is 0 Å². The summed E-state index contributed by atoms with van der Waals surface area (Å²) in [4.78, 5) is 3.92. The molecular weight excluding hydrogens is 364 g/mol. The summed E-state index contributed by atoms with van der Waals surface area (Å²) in [6.45, 7) is 0.628. The lowest BCUT2D eigenvalue weighted by atomic mass is 9.98. The van der Waals surface area contributed by atoms with Crippen LogP contribution in [0, 0.1) is 0 Å². The van der Waals surface area contributed by atoms with E-state index < -0.39 is 9.84 Å². The van der Waals surface area contributed by atoms with Crippen molar-refractivity contribution in [3.05, 3.63) is 52.2 Å². The second kappa shape index (κ2) is 6.93. The molecule has 0 atom stereocenters. The summed E-state index contributed by atoms with van der Waals surface area (Å²) in [5.74, 6) is 1.16. The first kappa shape index (κ1) is 17.6. The van der Waals surface area contributed by atoms with E-state index >= 15 is 0 Å². The fourth-order valence-corrected chi connectivity index (χ4v) is 3.89. The zero-order valence-electron chi connectivity index (χ0n) is 13.7. The minimum absolute atomic E-state index is 0.0822. The topological polar surface area (TPSA) is 77.5 Å². The highest BCUT2D eigenvalue weighted by Gasteiger charge is 2.21.